The molecule has 3 radical (unpaired) electrons. The Labute approximate surface area is 83.2 Å². The van der Waals surface area contributed by atoms with Crippen molar-refractivity contribution in [3.05, 3.63) is 30.6 Å². The van der Waals surface area contributed by atoms with E-state index in [1.807, 2.05) is 18.2 Å². The van der Waals surface area contributed by atoms with Crippen LogP contribution in [0.3, 0.4) is 0 Å². The molecule has 0 aliphatic heterocycles. The van der Waals surface area contributed by atoms with Crippen molar-refractivity contribution in [3.63, 3.8) is 0 Å². The monoisotopic (exact) mass is 272 g/mol. The number of hydrogen-bond donors (Lipinski definition) is 2. The molecule has 0 saturated carbocycles. The zero-order valence-corrected chi connectivity index (χ0v) is 9.05. The van der Waals surface area contributed by atoms with Gasteiger partial charge in [0.1, 0.15) is 0 Å². The summed E-state index contributed by atoms with van der Waals surface area (Å²) in [4.78, 5) is 3.78. The van der Waals surface area contributed by atoms with E-state index in [0.29, 0.717) is 0 Å². The maximum atomic E-state index is 8.82. The fraction of sp³-hybridized carbons (Fsp3) is 0. The molecular formula is C5H7AsCrNO4. The van der Waals surface area contributed by atoms with Crippen LogP contribution in [0, 0.1) is 0 Å². The van der Waals surface area contributed by atoms with Crippen LogP contribution in [0.5, 0.6) is 0 Å². The summed E-state index contributed by atoms with van der Waals surface area (Å²) >= 11 is -5.25. The van der Waals surface area contributed by atoms with Gasteiger partial charge < -0.3 is 0 Å². The maximum Gasteiger partial charge on any atom is 0.0267 e. The third-order valence-corrected chi connectivity index (χ3v) is 0.566. The molecule has 0 fully saturated rings. The van der Waals surface area contributed by atoms with Crippen molar-refractivity contribution >= 4 is 18.0 Å². The quantitative estimate of drug-likeness (QED) is 0.612. The fourth-order valence-electron chi connectivity index (χ4n) is 0.313. The maximum absolute atomic E-state index is 8.82. The number of hydrogen-bond acceptors (Lipinski definition) is 3. The number of aromatic nitrogens is 1. The molecule has 0 aromatic carbocycles. The molecule has 12 heavy (non-hydrogen) atoms. The summed E-state index contributed by atoms with van der Waals surface area (Å²) in [7, 11) is 0. The number of pyridine rings is 1. The first-order valence-electron chi connectivity index (χ1n) is 2.55. The molecule has 5 nitrogen and oxygen atoms in total. The SMILES string of the molecule is [As].[O]=[Cr](=[O])([OH])[OH].c1ccncc1. The fourth-order valence-corrected chi connectivity index (χ4v) is 0.313. The third-order valence-electron chi connectivity index (χ3n) is 0.566. The predicted octanol–water partition coefficient (Wildman–Crippen LogP) is -0.653. The molecule has 7 heteroatoms. The Kier molecular flexibility index (Phi) is 8.83. The van der Waals surface area contributed by atoms with Crippen LogP contribution in [0.25, 0.3) is 0 Å². The second-order valence-corrected chi connectivity index (χ2v) is 2.87. The normalized spacial score (nSPS) is 8.83. The predicted molar refractivity (Wildman–Crippen MR) is 35.8 cm³/mol. The summed E-state index contributed by atoms with van der Waals surface area (Å²) in [6, 6.07) is 5.72. The molecule has 0 bridgehead atoms. The summed E-state index contributed by atoms with van der Waals surface area (Å²) in [5.74, 6) is 0. The molecular weight excluding hydrogens is 265 g/mol. The zero-order valence-electron chi connectivity index (χ0n) is 5.90. The Morgan fingerprint density at radius 1 is 1.00 bits per heavy atom. The minimum Gasteiger partial charge on any atom is -0.265 e. The van der Waals surface area contributed by atoms with Gasteiger partial charge in [-0.15, -0.1) is 0 Å². The molecule has 0 atom stereocenters. The molecule has 67 valence electrons. The first kappa shape index (κ1) is 14.3. The van der Waals surface area contributed by atoms with Gasteiger partial charge in [0.25, 0.3) is 0 Å². The van der Waals surface area contributed by atoms with Gasteiger partial charge in [0.2, 0.25) is 0 Å². The van der Waals surface area contributed by atoms with Crippen LogP contribution >= 0.6 is 0 Å². The molecule has 1 heterocycles. The van der Waals surface area contributed by atoms with Crippen molar-refractivity contribution in [3.8, 4) is 0 Å². The summed E-state index contributed by atoms with van der Waals surface area (Å²) in [5.41, 5.74) is 0. The first-order chi connectivity index (χ1) is 5.00. The first-order valence-corrected chi connectivity index (χ1v) is 4.73. The van der Waals surface area contributed by atoms with Gasteiger partial charge in [-0.1, -0.05) is 6.07 Å². The largest absolute Gasteiger partial charge is 0.265 e. The van der Waals surface area contributed by atoms with Gasteiger partial charge in [-0.25, -0.2) is 0 Å². The van der Waals surface area contributed by atoms with Crippen molar-refractivity contribution in [1.82, 2.24) is 4.98 Å². The second-order valence-electron chi connectivity index (χ2n) is 1.47. The molecule has 0 amide bonds. The smallest absolute Gasteiger partial charge is 0.0267 e. The standard InChI is InChI=1S/C5H5N.As.Cr.2H2O.2O/c1-2-4-6-5-3-1;;;;;;/h1-5H;;;2*1H2;;/q;;+2;;;;/p-2. The molecule has 0 spiro atoms. The Morgan fingerprint density at radius 2 is 1.33 bits per heavy atom. The zero-order chi connectivity index (χ0) is 8.74. The van der Waals surface area contributed by atoms with Crippen LogP contribution in [0.2, 0.25) is 0 Å². The van der Waals surface area contributed by atoms with E-state index in [0.717, 1.165) is 0 Å². The van der Waals surface area contributed by atoms with Gasteiger partial charge >= 0.3 is 29.5 Å². The second kappa shape index (κ2) is 7.41. The number of nitrogens with zero attached hydrogens (tertiary/aromatic N) is 1. The summed E-state index contributed by atoms with van der Waals surface area (Å²) in [5, 5.41) is 0. The van der Waals surface area contributed by atoms with Crippen LogP contribution in [-0.4, -0.2) is 31.3 Å². The van der Waals surface area contributed by atoms with E-state index >= 15 is 0 Å². The van der Waals surface area contributed by atoms with Gasteiger partial charge in [-0.2, -0.15) is 0 Å². The van der Waals surface area contributed by atoms with Gasteiger partial charge in [0, 0.05) is 30.3 Å². The molecule has 1 aromatic rings. The van der Waals surface area contributed by atoms with E-state index in [4.69, 9.17) is 15.9 Å². The van der Waals surface area contributed by atoms with Crippen LogP contribution in [0.15, 0.2) is 30.6 Å². The van der Waals surface area contributed by atoms with Crippen LogP contribution in [-0.2, 0) is 21.2 Å². The van der Waals surface area contributed by atoms with Crippen molar-refractivity contribution in [2.45, 2.75) is 0 Å². The molecule has 0 aliphatic carbocycles. The summed E-state index contributed by atoms with van der Waals surface area (Å²) in [6.45, 7) is 0. The van der Waals surface area contributed by atoms with E-state index in [-0.39, 0.29) is 18.0 Å². The Hall–Kier alpha value is -0.239. The Balaban J connectivity index is 0. The van der Waals surface area contributed by atoms with Gasteiger partial charge in [-0.05, 0) is 12.1 Å². The van der Waals surface area contributed by atoms with Crippen molar-refractivity contribution in [2.75, 3.05) is 0 Å². The van der Waals surface area contributed by atoms with Crippen molar-refractivity contribution in [1.29, 1.82) is 0 Å². The van der Waals surface area contributed by atoms with E-state index in [9.17, 15) is 0 Å². The van der Waals surface area contributed by atoms with Crippen LogP contribution < -0.4 is 0 Å². The average molecular weight is 272 g/mol. The molecule has 1 aromatic heterocycles. The van der Waals surface area contributed by atoms with Gasteiger partial charge in [-0.3, -0.25) is 4.98 Å². The van der Waals surface area contributed by atoms with E-state index in [1.54, 1.807) is 12.4 Å². The Morgan fingerprint density at radius 3 is 1.42 bits per heavy atom. The molecule has 0 saturated heterocycles. The minimum atomic E-state index is -5.25. The van der Waals surface area contributed by atoms with Crippen molar-refractivity contribution in [2.24, 2.45) is 0 Å². The topological polar surface area (TPSA) is 87.5 Å². The Bertz CT molecular complexity index is 240. The van der Waals surface area contributed by atoms with Gasteiger partial charge in [0.15, 0.2) is 0 Å². The average Bonchev–Trinajstić information content (AvgIpc) is 1.88. The summed E-state index contributed by atoms with van der Waals surface area (Å²) < 4.78 is 31.9. The number of rotatable bonds is 0. The van der Waals surface area contributed by atoms with E-state index in [2.05, 4.69) is 4.98 Å². The van der Waals surface area contributed by atoms with E-state index in [1.165, 1.54) is 0 Å². The van der Waals surface area contributed by atoms with Crippen molar-refractivity contribution < 1.29 is 29.5 Å². The minimum absolute atomic E-state index is 0. The van der Waals surface area contributed by atoms with Crippen LogP contribution in [0.4, 0.5) is 0 Å². The molecule has 0 unspecified atom stereocenters. The molecule has 2 N–H and O–H groups in total. The molecule has 1 rings (SSSR count). The molecule has 0 aliphatic rings. The van der Waals surface area contributed by atoms with Crippen LogP contribution in [0.1, 0.15) is 0 Å². The third kappa shape index (κ3) is 22.6. The van der Waals surface area contributed by atoms with E-state index < -0.39 is 13.6 Å². The van der Waals surface area contributed by atoms with Gasteiger partial charge in [0.05, 0.1) is 0 Å². The summed E-state index contributed by atoms with van der Waals surface area (Å²) in [6.07, 6.45) is 3.50.